The van der Waals surface area contributed by atoms with Crippen molar-refractivity contribution in [2.75, 3.05) is 52.0 Å². The molecule has 0 aromatic heterocycles. The van der Waals surface area contributed by atoms with Crippen LogP contribution in [0.4, 0.5) is 4.79 Å². The van der Waals surface area contributed by atoms with Gasteiger partial charge in [-0.2, -0.15) is 0 Å². The smallest absolute Gasteiger partial charge is 0.407 e. The zero-order valence-electron chi connectivity index (χ0n) is 47.4. The number of likely N-dealkylation sites (N-methyl/N-ethyl adjacent to an activating group) is 1. The first kappa shape index (κ1) is 63.8. The number of hydrogen-bond acceptors (Lipinski definition) is 12. The second-order valence-corrected chi connectivity index (χ2v) is 29.7. The van der Waals surface area contributed by atoms with Crippen LogP contribution in [0.2, 0.25) is 18.1 Å². The van der Waals surface area contributed by atoms with E-state index in [2.05, 4.69) is 51.4 Å². The average molecular weight is 1070 g/mol. The number of ether oxygens (including phenoxy) is 4. The van der Waals surface area contributed by atoms with Crippen molar-refractivity contribution < 1.29 is 55.8 Å². The van der Waals surface area contributed by atoms with Crippen LogP contribution in [0.1, 0.15) is 169 Å². The third-order valence-corrected chi connectivity index (χ3v) is 20.3. The Kier molecular flexibility index (Phi) is 26.1. The van der Waals surface area contributed by atoms with Gasteiger partial charge in [0.1, 0.15) is 35.8 Å². The van der Waals surface area contributed by atoms with E-state index in [1.165, 1.54) is 57.6 Å². The topological polar surface area (TPSA) is 193 Å². The number of Topliss-reactive ketones (excluding diaryl/α,β-unsaturated/α-hetero) is 1. The van der Waals surface area contributed by atoms with Gasteiger partial charge in [0.2, 0.25) is 11.8 Å². The normalized spacial score (nSPS) is 17.1. The summed E-state index contributed by atoms with van der Waals surface area (Å²) in [5.74, 6) is -3.84. The van der Waals surface area contributed by atoms with Crippen LogP contribution in [0.5, 0.6) is 11.5 Å². The number of fused-ring (bicyclic) bond motifs is 5. The molecule has 2 N–H and O–H groups in total. The van der Waals surface area contributed by atoms with Gasteiger partial charge >= 0.3 is 12.1 Å². The molecule has 0 unspecified atom stereocenters. The highest BCUT2D eigenvalue weighted by molar-refractivity contribution is 7.91. The minimum atomic E-state index is -3.73. The minimum absolute atomic E-state index is 0.0379. The van der Waals surface area contributed by atoms with Gasteiger partial charge < -0.3 is 38.9 Å². The molecule has 74 heavy (non-hydrogen) atoms. The van der Waals surface area contributed by atoms with Crippen LogP contribution in [-0.4, -0.2) is 115 Å². The quantitative estimate of drug-likeness (QED) is 0.0466. The Labute approximate surface area is 445 Å². The fourth-order valence-electron chi connectivity index (χ4n) is 8.69. The molecular formula is C57H93N3O12SSi. The molecule has 0 fully saturated rings. The number of hydrogen-bond donors (Lipinski definition) is 2. The summed E-state index contributed by atoms with van der Waals surface area (Å²) in [4.78, 5) is 71.1. The van der Waals surface area contributed by atoms with E-state index in [0.717, 1.165) is 25.7 Å². The number of nitrogens with zero attached hydrogens (tertiary/aromatic N) is 1. The monoisotopic (exact) mass is 1070 g/mol. The van der Waals surface area contributed by atoms with Crippen LogP contribution in [0.3, 0.4) is 0 Å². The summed E-state index contributed by atoms with van der Waals surface area (Å²) in [5.41, 5.74) is 1.38. The molecule has 4 bridgehead atoms. The number of esters is 1. The van der Waals surface area contributed by atoms with Gasteiger partial charge in [-0.15, -0.1) is 0 Å². The van der Waals surface area contributed by atoms with Gasteiger partial charge in [0.15, 0.2) is 23.9 Å². The van der Waals surface area contributed by atoms with E-state index in [1.54, 1.807) is 58.0 Å². The number of carbonyl (C=O) groups excluding carboxylic acids is 5. The number of carbonyl (C=O) groups is 5. The van der Waals surface area contributed by atoms with E-state index >= 15 is 4.79 Å². The summed E-state index contributed by atoms with van der Waals surface area (Å²) in [6.45, 7) is 22.3. The Hall–Kier alpha value is -4.48. The summed E-state index contributed by atoms with van der Waals surface area (Å²) >= 11 is 0. The third kappa shape index (κ3) is 21.3. The molecule has 1 heterocycles. The molecule has 1 aliphatic rings. The first-order valence-corrected chi connectivity index (χ1v) is 32.0. The molecule has 17 heteroatoms. The first-order valence-electron chi connectivity index (χ1n) is 27.3. The zero-order chi connectivity index (χ0) is 55.3. The van der Waals surface area contributed by atoms with Gasteiger partial charge in [-0.05, 0) is 93.6 Å². The van der Waals surface area contributed by atoms with Crippen LogP contribution in [-0.2, 0) is 49.3 Å². The van der Waals surface area contributed by atoms with Crippen molar-refractivity contribution in [3.63, 3.8) is 0 Å². The number of methoxy groups -OCH3 is 1. The van der Waals surface area contributed by atoms with Crippen molar-refractivity contribution in [2.45, 2.75) is 194 Å². The SMILES string of the molecule is CCCCCCCCCCCCCS(=O)(=O)C[C@@H](CCO[Si](C)(C)C(C)(C)C)C(=O)N(C)[C@@H]1C(=O)C[C@@H](C)C(=O)N[C@H](C(=O)OC)Cc2ccc(OCCNC(=O)OC(C)(C)C)c(c2)-c2cc1ccc2OCCC. The number of ketones is 1. The number of alkyl carbamates (subject to hydrolysis) is 1. The number of benzene rings is 2. The molecule has 2 aromatic carbocycles. The highest BCUT2D eigenvalue weighted by atomic mass is 32.2. The van der Waals surface area contributed by atoms with Gasteiger partial charge in [-0.1, -0.05) is 118 Å². The zero-order valence-corrected chi connectivity index (χ0v) is 49.2. The van der Waals surface area contributed by atoms with Crippen molar-refractivity contribution in [1.29, 1.82) is 0 Å². The fourth-order valence-corrected chi connectivity index (χ4v) is 11.5. The molecule has 1 aliphatic heterocycles. The van der Waals surface area contributed by atoms with Crippen molar-refractivity contribution >= 4 is 47.8 Å². The lowest BCUT2D eigenvalue weighted by atomic mass is 9.89. The van der Waals surface area contributed by atoms with E-state index in [-0.39, 0.29) is 49.8 Å². The lowest BCUT2D eigenvalue weighted by molar-refractivity contribution is -0.146. The Morgan fingerprint density at radius 2 is 1.38 bits per heavy atom. The Bertz CT molecular complexity index is 2240. The molecule has 15 nitrogen and oxygen atoms in total. The second-order valence-electron chi connectivity index (χ2n) is 22.7. The molecule has 3 amide bonds. The lowest BCUT2D eigenvalue weighted by Crippen LogP contribution is -2.46. The van der Waals surface area contributed by atoms with Crippen LogP contribution >= 0.6 is 0 Å². The van der Waals surface area contributed by atoms with Crippen molar-refractivity contribution in [3.8, 4) is 22.6 Å². The number of nitrogens with one attached hydrogen (secondary N) is 2. The van der Waals surface area contributed by atoms with Crippen LogP contribution in [0.25, 0.3) is 11.1 Å². The number of amides is 3. The minimum Gasteiger partial charge on any atom is -0.493 e. The predicted molar refractivity (Wildman–Crippen MR) is 296 cm³/mol. The fraction of sp³-hybridized carbons (Fsp3) is 0.702. The largest absolute Gasteiger partial charge is 0.493 e. The number of rotatable bonds is 28. The molecule has 3 rings (SSSR count). The van der Waals surface area contributed by atoms with E-state index in [1.807, 2.05) is 13.0 Å². The first-order chi connectivity index (χ1) is 34.7. The van der Waals surface area contributed by atoms with Gasteiger partial charge in [-0.25, -0.2) is 18.0 Å². The molecule has 0 radical (unpaired) electrons. The number of sulfone groups is 1. The third-order valence-electron chi connectivity index (χ3n) is 14.0. The summed E-state index contributed by atoms with van der Waals surface area (Å²) in [5, 5.41) is 5.37. The van der Waals surface area contributed by atoms with Crippen LogP contribution < -0.4 is 20.1 Å². The van der Waals surface area contributed by atoms with Crippen LogP contribution in [0.15, 0.2) is 36.4 Å². The molecule has 0 saturated carbocycles. The van der Waals surface area contributed by atoms with E-state index in [0.29, 0.717) is 53.2 Å². The van der Waals surface area contributed by atoms with E-state index in [9.17, 15) is 27.6 Å². The molecule has 2 aromatic rings. The highest BCUT2D eigenvalue weighted by Crippen LogP contribution is 2.41. The molecule has 0 aliphatic carbocycles. The van der Waals surface area contributed by atoms with Crippen molar-refractivity contribution in [2.24, 2.45) is 11.8 Å². The Morgan fingerprint density at radius 1 is 0.797 bits per heavy atom. The van der Waals surface area contributed by atoms with Gasteiger partial charge in [-0.3, -0.25) is 14.4 Å². The summed E-state index contributed by atoms with van der Waals surface area (Å²) in [7, 11) is -3.29. The van der Waals surface area contributed by atoms with E-state index < -0.39 is 83.1 Å². The van der Waals surface area contributed by atoms with E-state index in [4.69, 9.17) is 23.4 Å². The Morgan fingerprint density at radius 3 is 1.96 bits per heavy atom. The van der Waals surface area contributed by atoms with Gasteiger partial charge in [0.25, 0.3) is 0 Å². The summed E-state index contributed by atoms with van der Waals surface area (Å²) in [6, 6.07) is 8.15. The maximum atomic E-state index is 15.2. The second kappa shape index (κ2) is 30.3. The van der Waals surface area contributed by atoms with Gasteiger partial charge in [0, 0.05) is 43.5 Å². The summed E-state index contributed by atoms with van der Waals surface area (Å²) < 4.78 is 57.8. The van der Waals surface area contributed by atoms with Crippen LogP contribution in [0, 0.1) is 11.8 Å². The standard InChI is InChI=1S/C57H93N3O12SSi/c1-14-16-17-18-19-20-21-22-23-24-25-35-73(66,67)40-44(30-33-71-74(12,13)57(7,8)9)53(63)60(10)51-43-27-29-50(69-32-15-2)46(39-43)45-37-42(26-28-49(45)70-34-31-58-55(65)72-56(4,5)6)38-47(54(64)68-11)59-52(62)41(3)36-48(51)61/h26-29,37,39,41,44,47,51H,14-25,30-36,38,40H2,1-13H3,(H,58,65)(H,59,62)/t41-,44-,47+,51+/m1/s1. The van der Waals surface area contributed by atoms with Gasteiger partial charge in [0.05, 0.1) is 37.7 Å². The summed E-state index contributed by atoms with van der Waals surface area (Å²) in [6.07, 6.45) is 11.8. The highest BCUT2D eigenvalue weighted by Gasteiger charge is 2.40. The molecule has 4 atom stereocenters. The van der Waals surface area contributed by atoms with Crippen molar-refractivity contribution in [1.82, 2.24) is 15.5 Å². The predicted octanol–water partition coefficient (Wildman–Crippen LogP) is 11.1. The van der Waals surface area contributed by atoms with Crippen molar-refractivity contribution in [3.05, 3.63) is 47.5 Å². The molecule has 0 spiro atoms. The molecule has 418 valence electrons. The Balaban J connectivity index is 2.13. The lowest BCUT2D eigenvalue weighted by Gasteiger charge is -2.37. The molecular weight excluding hydrogens is 979 g/mol. The molecule has 0 saturated heterocycles. The maximum absolute atomic E-state index is 15.2. The number of unbranched alkanes of at least 4 members (excludes halogenated alkanes) is 10. The maximum Gasteiger partial charge on any atom is 0.407 e. The average Bonchev–Trinajstić information content (AvgIpc) is 3.32.